The van der Waals surface area contributed by atoms with Gasteiger partial charge in [-0.1, -0.05) is 18.2 Å². The molecule has 0 aliphatic heterocycles. The van der Waals surface area contributed by atoms with Crippen LogP contribution in [0.15, 0.2) is 30.5 Å². The molecule has 0 spiro atoms. The number of carboxylic acids is 2. The van der Waals surface area contributed by atoms with E-state index in [1.807, 2.05) is 24.3 Å². The van der Waals surface area contributed by atoms with Crippen LogP contribution >= 0.6 is 0 Å². The smallest absolute Gasteiger partial charge is 0.328 e. The first-order valence-electron chi connectivity index (χ1n) is 9.19. The normalized spacial score (nSPS) is 13.9. The lowest BCUT2D eigenvalue weighted by Gasteiger charge is -2.22. The fraction of sp³-hybridized carbons (Fsp3) is 0.368. The standard InChI is InChI=1S/C19H24N4O7/c20-12(7-10-8-21-13-4-2-1-3-11(10)13)17(27)22-14(5-6-16(25)26)18(28)23-15(9-24)19(29)30/h1-4,8,12,14-15,21,24H,5-7,9,20H2,(H,22,27)(H,23,28)(H,25,26)(H,29,30). The molecule has 0 radical (unpaired) electrons. The van der Waals surface area contributed by atoms with Crippen LogP contribution < -0.4 is 16.4 Å². The summed E-state index contributed by atoms with van der Waals surface area (Å²) in [4.78, 5) is 49.8. The van der Waals surface area contributed by atoms with E-state index in [4.69, 9.17) is 21.1 Å². The molecule has 11 heteroatoms. The van der Waals surface area contributed by atoms with Gasteiger partial charge in [0.2, 0.25) is 11.8 Å². The molecule has 0 saturated carbocycles. The van der Waals surface area contributed by atoms with Crippen molar-refractivity contribution >= 4 is 34.7 Å². The number of nitrogens with two attached hydrogens (primary N) is 1. The number of benzene rings is 1. The first-order chi connectivity index (χ1) is 14.2. The number of amides is 2. The molecule has 8 N–H and O–H groups in total. The molecule has 2 rings (SSSR count). The van der Waals surface area contributed by atoms with E-state index in [0.717, 1.165) is 16.5 Å². The van der Waals surface area contributed by atoms with Gasteiger partial charge in [0.25, 0.3) is 0 Å². The second kappa shape index (κ2) is 10.4. The van der Waals surface area contributed by atoms with E-state index in [0.29, 0.717) is 0 Å². The lowest BCUT2D eigenvalue weighted by atomic mass is 10.0. The number of para-hydroxylation sites is 1. The lowest BCUT2D eigenvalue weighted by molar-refractivity contribution is -0.144. The molecule has 0 aliphatic rings. The van der Waals surface area contributed by atoms with Crippen LogP contribution in [0.5, 0.6) is 0 Å². The summed E-state index contributed by atoms with van der Waals surface area (Å²) in [6.07, 6.45) is 1.18. The van der Waals surface area contributed by atoms with Crippen molar-refractivity contribution < 1.29 is 34.5 Å². The van der Waals surface area contributed by atoms with Crippen molar-refractivity contribution in [2.75, 3.05) is 6.61 Å². The van der Waals surface area contributed by atoms with Gasteiger partial charge in [0.15, 0.2) is 0 Å². The van der Waals surface area contributed by atoms with Gasteiger partial charge in [-0.15, -0.1) is 0 Å². The van der Waals surface area contributed by atoms with Crippen LogP contribution in [-0.2, 0) is 25.6 Å². The number of hydrogen-bond donors (Lipinski definition) is 7. The molecule has 162 valence electrons. The van der Waals surface area contributed by atoms with Crippen molar-refractivity contribution in [3.63, 3.8) is 0 Å². The zero-order valence-electron chi connectivity index (χ0n) is 16.0. The number of fused-ring (bicyclic) bond motifs is 1. The van der Waals surface area contributed by atoms with E-state index in [2.05, 4.69) is 15.6 Å². The summed E-state index contributed by atoms with van der Waals surface area (Å²) in [5, 5.41) is 32.2. The number of carbonyl (C=O) groups excluding carboxylic acids is 2. The lowest BCUT2D eigenvalue weighted by Crippen LogP contribution is -2.55. The van der Waals surface area contributed by atoms with E-state index in [9.17, 15) is 19.2 Å². The molecule has 0 aliphatic carbocycles. The highest BCUT2D eigenvalue weighted by Gasteiger charge is 2.28. The highest BCUT2D eigenvalue weighted by Crippen LogP contribution is 2.18. The van der Waals surface area contributed by atoms with Gasteiger partial charge in [-0.25, -0.2) is 4.79 Å². The van der Waals surface area contributed by atoms with Crippen molar-refractivity contribution in [3.8, 4) is 0 Å². The van der Waals surface area contributed by atoms with Gasteiger partial charge in [0.05, 0.1) is 12.6 Å². The van der Waals surface area contributed by atoms with E-state index < -0.39 is 54.9 Å². The summed E-state index contributed by atoms with van der Waals surface area (Å²) >= 11 is 0. The number of aliphatic hydroxyl groups excluding tert-OH is 1. The molecular weight excluding hydrogens is 396 g/mol. The molecule has 1 heterocycles. The first kappa shape index (κ1) is 22.8. The highest BCUT2D eigenvalue weighted by molar-refractivity contribution is 5.92. The van der Waals surface area contributed by atoms with Crippen molar-refractivity contribution in [2.45, 2.75) is 37.4 Å². The summed E-state index contributed by atoms with van der Waals surface area (Å²) in [6.45, 7) is -0.860. The molecule has 11 nitrogen and oxygen atoms in total. The van der Waals surface area contributed by atoms with Gasteiger partial charge < -0.3 is 36.7 Å². The molecule has 1 aromatic carbocycles. The summed E-state index contributed by atoms with van der Waals surface area (Å²) < 4.78 is 0. The minimum atomic E-state index is -1.58. The third-order valence-corrected chi connectivity index (χ3v) is 4.53. The molecular formula is C19H24N4O7. The third kappa shape index (κ3) is 6.03. The Morgan fingerprint density at radius 1 is 1.03 bits per heavy atom. The molecule has 3 unspecified atom stereocenters. The summed E-state index contributed by atoms with van der Waals surface area (Å²) in [6, 6.07) is 3.51. The molecule has 30 heavy (non-hydrogen) atoms. The van der Waals surface area contributed by atoms with Crippen LogP contribution in [0, 0.1) is 0 Å². The Balaban J connectivity index is 2.07. The van der Waals surface area contributed by atoms with E-state index in [1.165, 1.54) is 0 Å². The summed E-state index contributed by atoms with van der Waals surface area (Å²) in [5.41, 5.74) is 7.65. The van der Waals surface area contributed by atoms with Crippen LogP contribution in [0.1, 0.15) is 18.4 Å². The fourth-order valence-electron chi connectivity index (χ4n) is 2.90. The predicted octanol–water partition coefficient (Wildman–Crippen LogP) is -1.05. The average Bonchev–Trinajstić information content (AvgIpc) is 3.11. The number of aliphatic hydroxyl groups is 1. The number of carbonyl (C=O) groups is 4. The molecule has 0 saturated heterocycles. The van der Waals surface area contributed by atoms with Gasteiger partial charge in [0.1, 0.15) is 12.1 Å². The first-order valence-corrected chi connectivity index (χ1v) is 9.19. The van der Waals surface area contributed by atoms with Gasteiger partial charge in [0, 0.05) is 23.5 Å². The zero-order chi connectivity index (χ0) is 22.3. The largest absolute Gasteiger partial charge is 0.481 e. The number of aromatic nitrogens is 1. The van der Waals surface area contributed by atoms with Crippen LogP contribution in [0.4, 0.5) is 0 Å². The van der Waals surface area contributed by atoms with Crippen LogP contribution in [-0.4, -0.2) is 68.8 Å². The Morgan fingerprint density at radius 3 is 2.33 bits per heavy atom. The third-order valence-electron chi connectivity index (χ3n) is 4.53. The second-order valence-corrected chi connectivity index (χ2v) is 6.75. The maximum absolute atomic E-state index is 12.5. The number of hydrogen-bond acceptors (Lipinski definition) is 6. The van der Waals surface area contributed by atoms with Crippen LogP contribution in [0.25, 0.3) is 10.9 Å². The zero-order valence-corrected chi connectivity index (χ0v) is 16.0. The Kier molecular flexibility index (Phi) is 7.90. The minimum Gasteiger partial charge on any atom is -0.481 e. The molecule has 3 atom stereocenters. The predicted molar refractivity (Wildman–Crippen MR) is 105 cm³/mol. The highest BCUT2D eigenvalue weighted by atomic mass is 16.4. The molecule has 0 bridgehead atoms. The van der Waals surface area contributed by atoms with Crippen molar-refractivity contribution in [2.24, 2.45) is 5.73 Å². The van der Waals surface area contributed by atoms with Crippen molar-refractivity contribution in [3.05, 3.63) is 36.0 Å². The average molecular weight is 420 g/mol. The van der Waals surface area contributed by atoms with Gasteiger partial charge >= 0.3 is 11.9 Å². The Hall–Kier alpha value is -3.44. The number of aromatic amines is 1. The SMILES string of the molecule is NC(Cc1c[nH]c2ccccc12)C(=O)NC(CCC(=O)O)C(=O)NC(CO)C(=O)O. The number of nitrogens with one attached hydrogen (secondary N) is 3. The van der Waals surface area contributed by atoms with E-state index in [1.54, 1.807) is 6.20 Å². The topological polar surface area (TPSA) is 195 Å². The van der Waals surface area contributed by atoms with E-state index in [-0.39, 0.29) is 12.8 Å². The van der Waals surface area contributed by atoms with Crippen LogP contribution in [0.2, 0.25) is 0 Å². The Labute approximate surface area is 171 Å². The number of aliphatic carboxylic acids is 2. The monoisotopic (exact) mass is 420 g/mol. The molecule has 0 fully saturated rings. The molecule has 1 aromatic heterocycles. The fourth-order valence-corrected chi connectivity index (χ4v) is 2.90. The maximum Gasteiger partial charge on any atom is 0.328 e. The summed E-state index contributed by atoms with van der Waals surface area (Å²) in [5.74, 6) is -4.28. The van der Waals surface area contributed by atoms with Gasteiger partial charge in [-0.2, -0.15) is 0 Å². The van der Waals surface area contributed by atoms with Crippen molar-refractivity contribution in [1.82, 2.24) is 15.6 Å². The van der Waals surface area contributed by atoms with Gasteiger partial charge in [-0.3, -0.25) is 14.4 Å². The molecule has 2 amide bonds. The van der Waals surface area contributed by atoms with Crippen LogP contribution in [0.3, 0.4) is 0 Å². The number of rotatable bonds is 11. The Morgan fingerprint density at radius 2 is 1.70 bits per heavy atom. The molecule has 2 aromatic rings. The Bertz CT molecular complexity index is 926. The van der Waals surface area contributed by atoms with Gasteiger partial charge in [-0.05, 0) is 24.5 Å². The minimum absolute atomic E-state index is 0.164. The quantitative estimate of drug-likeness (QED) is 0.239. The summed E-state index contributed by atoms with van der Waals surface area (Å²) in [7, 11) is 0. The number of H-pyrrole nitrogens is 1. The van der Waals surface area contributed by atoms with Crippen molar-refractivity contribution in [1.29, 1.82) is 0 Å². The second-order valence-electron chi connectivity index (χ2n) is 6.75. The number of carboxylic acid groups (broad SMARTS) is 2. The van der Waals surface area contributed by atoms with E-state index >= 15 is 0 Å². The maximum atomic E-state index is 12.5.